The van der Waals surface area contributed by atoms with Crippen molar-refractivity contribution < 1.29 is 8.42 Å². The first-order chi connectivity index (χ1) is 7.49. The van der Waals surface area contributed by atoms with Gasteiger partial charge in [0.25, 0.3) is 10.0 Å². The summed E-state index contributed by atoms with van der Waals surface area (Å²) in [5, 5.41) is 0. The molecule has 88 valence electrons. The average Bonchev–Trinajstić information content (AvgIpc) is 2.64. The summed E-state index contributed by atoms with van der Waals surface area (Å²) in [6.07, 6.45) is 7.38. The summed E-state index contributed by atoms with van der Waals surface area (Å²) in [5.41, 5.74) is 0. The average molecular weight is 279 g/mol. The van der Waals surface area contributed by atoms with E-state index in [0.717, 1.165) is 11.3 Å². The Morgan fingerprint density at radius 1 is 1.75 bits per heavy atom. The topological polar surface area (TPSA) is 59.1 Å². The maximum atomic E-state index is 11.8. The van der Waals surface area contributed by atoms with E-state index in [-0.39, 0.29) is 14.7 Å². The van der Waals surface area contributed by atoms with Crippen LogP contribution in [0, 0.1) is 12.3 Å². The molecule has 1 N–H and O–H groups in total. The minimum atomic E-state index is -3.55. The number of nitrogens with zero attached hydrogens (tertiary/aromatic N) is 1. The quantitative estimate of drug-likeness (QED) is 0.837. The molecule has 0 aromatic carbocycles. The van der Waals surface area contributed by atoms with Crippen LogP contribution in [0.1, 0.15) is 19.8 Å². The second kappa shape index (κ2) is 5.64. The molecule has 0 aliphatic rings. The van der Waals surface area contributed by atoms with Gasteiger partial charge in [-0.3, -0.25) is 0 Å². The fraction of sp³-hybridized carbons (Fsp3) is 0.444. The third-order valence-corrected chi connectivity index (χ3v) is 5.00. The molecule has 0 saturated heterocycles. The Kier molecular flexibility index (Phi) is 4.74. The summed E-state index contributed by atoms with van der Waals surface area (Å²) in [7, 11) is -3.55. The van der Waals surface area contributed by atoms with Crippen molar-refractivity contribution in [1.29, 1.82) is 0 Å². The summed E-state index contributed by atoms with van der Waals surface area (Å²) in [6.45, 7) is 1.87. The van der Waals surface area contributed by atoms with Gasteiger partial charge in [-0.25, -0.2) is 18.1 Å². The smallest absolute Gasteiger partial charge is 0.232 e. The van der Waals surface area contributed by atoms with Gasteiger partial charge in [-0.15, -0.1) is 12.3 Å². The third-order valence-electron chi connectivity index (χ3n) is 1.90. The zero-order chi connectivity index (χ0) is 12.2. The minimum absolute atomic E-state index is 0.105. The third kappa shape index (κ3) is 3.46. The molecule has 7 heteroatoms. The Morgan fingerprint density at radius 3 is 2.88 bits per heavy atom. The summed E-state index contributed by atoms with van der Waals surface area (Å²) < 4.78 is 26.5. The highest BCUT2D eigenvalue weighted by Gasteiger charge is 2.20. The molecule has 1 atom stereocenters. The number of halogens is 1. The van der Waals surface area contributed by atoms with Crippen LogP contribution < -0.4 is 4.72 Å². The van der Waals surface area contributed by atoms with E-state index >= 15 is 0 Å². The van der Waals surface area contributed by atoms with Crippen LogP contribution in [0.25, 0.3) is 0 Å². The SMILES string of the molecule is C#CCC(CC)NS(=O)(=O)c1cnc(Cl)s1. The Morgan fingerprint density at radius 2 is 2.44 bits per heavy atom. The molecule has 0 aliphatic heterocycles. The van der Waals surface area contributed by atoms with Crippen molar-refractivity contribution in [2.75, 3.05) is 0 Å². The lowest BCUT2D eigenvalue weighted by Gasteiger charge is -2.12. The van der Waals surface area contributed by atoms with Gasteiger partial charge in [0.1, 0.15) is 0 Å². The van der Waals surface area contributed by atoms with E-state index in [2.05, 4.69) is 15.6 Å². The number of hydrogen-bond donors (Lipinski definition) is 1. The van der Waals surface area contributed by atoms with Crippen molar-refractivity contribution >= 4 is 33.0 Å². The molecule has 0 bridgehead atoms. The van der Waals surface area contributed by atoms with E-state index < -0.39 is 10.0 Å². The lowest BCUT2D eigenvalue weighted by atomic mass is 10.2. The van der Waals surface area contributed by atoms with Gasteiger partial charge < -0.3 is 0 Å². The van der Waals surface area contributed by atoms with Gasteiger partial charge in [0.05, 0.1) is 6.20 Å². The van der Waals surface area contributed by atoms with E-state index in [1.807, 2.05) is 6.92 Å². The van der Waals surface area contributed by atoms with Gasteiger partial charge in [0, 0.05) is 12.5 Å². The first-order valence-corrected chi connectivity index (χ1v) is 7.24. The maximum Gasteiger partial charge on any atom is 0.251 e. The second-order valence-corrected chi connectivity index (χ2v) is 6.62. The highest BCUT2D eigenvalue weighted by atomic mass is 35.5. The summed E-state index contributed by atoms with van der Waals surface area (Å²) in [5.74, 6) is 2.43. The van der Waals surface area contributed by atoms with E-state index in [0.29, 0.717) is 12.8 Å². The van der Waals surface area contributed by atoms with Crippen molar-refractivity contribution in [3.8, 4) is 12.3 Å². The summed E-state index contributed by atoms with van der Waals surface area (Å²) in [4.78, 5) is 3.69. The standard InChI is InChI=1S/C9H11ClN2O2S2/c1-3-5-7(4-2)12-16(13,14)8-6-11-9(10)15-8/h1,6-7,12H,4-5H2,2H3. The lowest BCUT2D eigenvalue weighted by Crippen LogP contribution is -2.33. The molecule has 1 aromatic rings. The van der Waals surface area contributed by atoms with Crippen molar-refractivity contribution in [3.63, 3.8) is 0 Å². The van der Waals surface area contributed by atoms with Crippen LogP contribution in [-0.4, -0.2) is 19.4 Å². The monoisotopic (exact) mass is 278 g/mol. The van der Waals surface area contributed by atoms with Crippen LogP contribution in [0.3, 0.4) is 0 Å². The molecule has 1 unspecified atom stereocenters. The van der Waals surface area contributed by atoms with Gasteiger partial charge in [0.15, 0.2) is 8.68 Å². The molecular weight excluding hydrogens is 268 g/mol. The number of sulfonamides is 1. The number of nitrogens with one attached hydrogen (secondary N) is 1. The summed E-state index contributed by atoms with van der Waals surface area (Å²) in [6, 6.07) is -0.254. The minimum Gasteiger partial charge on any atom is -0.232 e. The number of aromatic nitrogens is 1. The normalized spacial score (nSPS) is 13.3. The molecule has 16 heavy (non-hydrogen) atoms. The zero-order valence-electron chi connectivity index (χ0n) is 8.60. The number of terminal acetylenes is 1. The Balaban J connectivity index is 2.83. The van der Waals surface area contributed by atoms with Gasteiger partial charge in [-0.2, -0.15) is 0 Å². The Hall–Kier alpha value is -0.610. The molecule has 0 saturated carbocycles. The molecule has 0 radical (unpaired) electrons. The van der Waals surface area contributed by atoms with Crippen LogP contribution in [0.15, 0.2) is 10.4 Å². The van der Waals surface area contributed by atoms with Crippen LogP contribution in [-0.2, 0) is 10.0 Å². The molecule has 0 spiro atoms. The molecule has 1 aromatic heterocycles. The predicted octanol–water partition coefficient (Wildman–Crippen LogP) is 1.88. The van der Waals surface area contributed by atoms with Gasteiger partial charge >= 0.3 is 0 Å². The van der Waals surface area contributed by atoms with Crippen LogP contribution >= 0.6 is 22.9 Å². The first-order valence-electron chi connectivity index (χ1n) is 4.56. The molecule has 0 amide bonds. The van der Waals surface area contributed by atoms with Crippen LogP contribution in [0.4, 0.5) is 0 Å². The van der Waals surface area contributed by atoms with Gasteiger partial charge in [0.2, 0.25) is 0 Å². The molecule has 1 heterocycles. The maximum absolute atomic E-state index is 11.8. The highest BCUT2D eigenvalue weighted by molar-refractivity contribution is 7.91. The van der Waals surface area contributed by atoms with E-state index in [1.165, 1.54) is 6.20 Å². The second-order valence-electron chi connectivity index (χ2n) is 3.07. The van der Waals surface area contributed by atoms with E-state index in [9.17, 15) is 8.42 Å². The van der Waals surface area contributed by atoms with Crippen molar-refractivity contribution in [3.05, 3.63) is 10.7 Å². The van der Waals surface area contributed by atoms with Crippen LogP contribution in [0.5, 0.6) is 0 Å². The van der Waals surface area contributed by atoms with Crippen LogP contribution in [0.2, 0.25) is 4.47 Å². The molecule has 4 nitrogen and oxygen atoms in total. The van der Waals surface area contributed by atoms with E-state index in [1.54, 1.807) is 0 Å². The Bertz CT molecular complexity index is 490. The lowest BCUT2D eigenvalue weighted by molar-refractivity contribution is 0.545. The number of thiazole rings is 1. The number of rotatable bonds is 5. The molecule has 0 aliphatic carbocycles. The Labute approximate surface area is 104 Å². The highest BCUT2D eigenvalue weighted by Crippen LogP contribution is 2.22. The largest absolute Gasteiger partial charge is 0.251 e. The van der Waals surface area contributed by atoms with Gasteiger partial charge in [-0.05, 0) is 6.42 Å². The fourth-order valence-corrected chi connectivity index (χ4v) is 3.68. The molecule has 0 fully saturated rings. The number of hydrogen-bond acceptors (Lipinski definition) is 4. The molecule has 1 rings (SSSR count). The van der Waals surface area contributed by atoms with E-state index in [4.69, 9.17) is 18.0 Å². The van der Waals surface area contributed by atoms with Crippen molar-refractivity contribution in [1.82, 2.24) is 9.71 Å². The first kappa shape index (κ1) is 13.5. The zero-order valence-corrected chi connectivity index (χ0v) is 11.0. The predicted molar refractivity (Wildman–Crippen MR) is 65.0 cm³/mol. The van der Waals surface area contributed by atoms with Crippen molar-refractivity contribution in [2.45, 2.75) is 30.0 Å². The fourth-order valence-electron chi connectivity index (χ4n) is 1.05. The molecular formula is C9H11ClN2O2S2. The summed E-state index contributed by atoms with van der Waals surface area (Å²) >= 11 is 6.50. The van der Waals surface area contributed by atoms with Crippen molar-refractivity contribution in [2.24, 2.45) is 0 Å². The van der Waals surface area contributed by atoms with Gasteiger partial charge in [-0.1, -0.05) is 29.9 Å².